The highest BCUT2D eigenvalue weighted by Crippen LogP contribution is 2.30. The average Bonchev–Trinajstić information content (AvgIpc) is 3.48. The predicted octanol–water partition coefficient (Wildman–Crippen LogP) is 3.27. The molecule has 0 saturated carbocycles. The average molecular weight is 403 g/mol. The number of fused-ring (bicyclic) bond motifs is 3. The Hall–Kier alpha value is -3.42. The highest BCUT2D eigenvalue weighted by molar-refractivity contribution is 6.07. The molecule has 1 amide bonds. The van der Waals surface area contributed by atoms with Gasteiger partial charge in [0, 0.05) is 42.1 Å². The zero-order valence-electron chi connectivity index (χ0n) is 17.1. The number of carbonyl (C=O) groups is 1. The van der Waals surface area contributed by atoms with Gasteiger partial charge in [-0.1, -0.05) is 19.9 Å². The van der Waals surface area contributed by atoms with Gasteiger partial charge >= 0.3 is 0 Å². The van der Waals surface area contributed by atoms with E-state index in [-0.39, 0.29) is 17.9 Å². The Labute approximate surface area is 173 Å². The van der Waals surface area contributed by atoms with Crippen molar-refractivity contribution in [2.75, 3.05) is 12.3 Å². The number of H-pyrrole nitrogens is 2. The number of aromatic nitrogens is 5. The van der Waals surface area contributed by atoms with Crippen LogP contribution in [0.15, 0.2) is 30.5 Å². The van der Waals surface area contributed by atoms with Crippen molar-refractivity contribution in [2.24, 2.45) is 5.92 Å². The molecule has 0 radical (unpaired) electrons. The number of nitrogen functional groups attached to an aromatic ring is 1. The Morgan fingerprint density at radius 2 is 2.17 bits per heavy atom. The zero-order chi connectivity index (χ0) is 20.8. The van der Waals surface area contributed by atoms with Gasteiger partial charge in [0.25, 0.3) is 0 Å². The van der Waals surface area contributed by atoms with Crippen LogP contribution in [-0.4, -0.2) is 48.5 Å². The van der Waals surface area contributed by atoms with Crippen LogP contribution in [0.4, 0.5) is 5.82 Å². The molecule has 4 heterocycles. The van der Waals surface area contributed by atoms with E-state index in [4.69, 9.17) is 10.7 Å². The first-order valence-electron chi connectivity index (χ1n) is 10.4. The molecule has 8 nitrogen and oxygen atoms in total. The van der Waals surface area contributed by atoms with E-state index in [1.54, 1.807) is 6.20 Å². The van der Waals surface area contributed by atoms with E-state index in [1.165, 1.54) is 0 Å². The summed E-state index contributed by atoms with van der Waals surface area (Å²) in [5.41, 5.74) is 10.5. The standard InChI is InChI=1S/C22H25N7O/c1-12(2)22(30)29-9-3-4-14(29)11-18-26-19-15-6-5-13(16-7-8-24-28-16)10-17(15)25-21(23)20(19)27-18/h5-8,10,12,14H,3-4,9,11H2,1-2H3,(H2,23,25)(H,24,28)(H,26,27)/t14-/m1/s1. The fourth-order valence-electron chi connectivity index (χ4n) is 4.39. The van der Waals surface area contributed by atoms with Crippen LogP contribution in [0.5, 0.6) is 0 Å². The van der Waals surface area contributed by atoms with Crippen LogP contribution in [-0.2, 0) is 11.2 Å². The molecule has 1 atom stereocenters. The first kappa shape index (κ1) is 18.6. The van der Waals surface area contributed by atoms with Crippen molar-refractivity contribution in [3.8, 4) is 11.3 Å². The first-order valence-corrected chi connectivity index (χ1v) is 10.4. The number of amides is 1. The molecule has 8 heteroatoms. The number of nitrogens with zero attached hydrogens (tertiary/aromatic N) is 4. The largest absolute Gasteiger partial charge is 0.382 e. The fraction of sp³-hybridized carbons (Fsp3) is 0.364. The van der Waals surface area contributed by atoms with Crippen LogP contribution in [0.2, 0.25) is 0 Å². The molecule has 3 aromatic heterocycles. The summed E-state index contributed by atoms with van der Waals surface area (Å²) in [7, 11) is 0. The summed E-state index contributed by atoms with van der Waals surface area (Å²) in [6, 6.07) is 8.13. The molecule has 0 bridgehead atoms. The molecule has 4 N–H and O–H groups in total. The van der Waals surface area contributed by atoms with Gasteiger partial charge in [-0.2, -0.15) is 5.10 Å². The molecule has 154 valence electrons. The monoisotopic (exact) mass is 403 g/mol. The van der Waals surface area contributed by atoms with Gasteiger partial charge < -0.3 is 15.6 Å². The lowest BCUT2D eigenvalue weighted by Crippen LogP contribution is -2.39. The van der Waals surface area contributed by atoms with Crippen molar-refractivity contribution in [2.45, 2.75) is 39.2 Å². The van der Waals surface area contributed by atoms with Gasteiger partial charge in [-0.3, -0.25) is 9.89 Å². The van der Waals surface area contributed by atoms with E-state index in [9.17, 15) is 4.79 Å². The number of aromatic amines is 2. The summed E-state index contributed by atoms with van der Waals surface area (Å²) in [5.74, 6) is 1.47. The Morgan fingerprint density at radius 1 is 1.30 bits per heavy atom. The molecular weight excluding hydrogens is 378 g/mol. The van der Waals surface area contributed by atoms with Crippen molar-refractivity contribution in [3.05, 3.63) is 36.3 Å². The summed E-state index contributed by atoms with van der Waals surface area (Å²) in [6.07, 6.45) is 4.52. The quantitative estimate of drug-likeness (QED) is 0.483. The van der Waals surface area contributed by atoms with E-state index in [1.807, 2.05) is 43.0 Å². The maximum absolute atomic E-state index is 12.5. The molecule has 1 aromatic carbocycles. The smallest absolute Gasteiger partial charge is 0.225 e. The van der Waals surface area contributed by atoms with Crippen LogP contribution in [0.1, 0.15) is 32.5 Å². The Balaban J connectivity index is 1.51. The molecule has 1 saturated heterocycles. The minimum Gasteiger partial charge on any atom is -0.382 e. The van der Waals surface area contributed by atoms with E-state index in [2.05, 4.69) is 20.2 Å². The van der Waals surface area contributed by atoms with E-state index < -0.39 is 0 Å². The minimum atomic E-state index is 0.00812. The molecule has 0 unspecified atom stereocenters. The van der Waals surface area contributed by atoms with Crippen molar-refractivity contribution in [1.29, 1.82) is 0 Å². The van der Waals surface area contributed by atoms with Crippen molar-refractivity contribution in [3.63, 3.8) is 0 Å². The van der Waals surface area contributed by atoms with Gasteiger partial charge in [-0.25, -0.2) is 9.97 Å². The third kappa shape index (κ3) is 3.08. The maximum Gasteiger partial charge on any atom is 0.225 e. The number of carbonyl (C=O) groups excluding carboxylic acids is 1. The molecule has 4 aromatic rings. The summed E-state index contributed by atoms with van der Waals surface area (Å²) < 4.78 is 0. The number of rotatable bonds is 4. The van der Waals surface area contributed by atoms with Crippen molar-refractivity contribution in [1.82, 2.24) is 30.0 Å². The molecule has 5 rings (SSSR count). The van der Waals surface area contributed by atoms with Gasteiger partial charge in [0.05, 0.1) is 16.7 Å². The van der Waals surface area contributed by atoms with Crippen LogP contribution in [0.3, 0.4) is 0 Å². The summed E-state index contributed by atoms with van der Waals surface area (Å²) in [4.78, 5) is 27.3. The highest BCUT2D eigenvalue weighted by Gasteiger charge is 2.30. The lowest BCUT2D eigenvalue weighted by Gasteiger charge is -2.25. The Morgan fingerprint density at radius 3 is 2.93 bits per heavy atom. The van der Waals surface area contributed by atoms with Crippen LogP contribution >= 0.6 is 0 Å². The summed E-state index contributed by atoms with van der Waals surface area (Å²) in [5, 5.41) is 8.04. The number of likely N-dealkylation sites (tertiary alicyclic amines) is 1. The van der Waals surface area contributed by atoms with E-state index in [0.29, 0.717) is 17.8 Å². The lowest BCUT2D eigenvalue weighted by atomic mass is 10.1. The van der Waals surface area contributed by atoms with E-state index in [0.717, 1.165) is 52.9 Å². The highest BCUT2D eigenvalue weighted by atomic mass is 16.2. The molecule has 30 heavy (non-hydrogen) atoms. The van der Waals surface area contributed by atoms with Crippen molar-refractivity contribution >= 4 is 33.7 Å². The van der Waals surface area contributed by atoms with Crippen LogP contribution < -0.4 is 5.73 Å². The van der Waals surface area contributed by atoms with Gasteiger partial charge in [0.1, 0.15) is 11.3 Å². The number of anilines is 1. The fourth-order valence-corrected chi connectivity index (χ4v) is 4.39. The molecule has 1 fully saturated rings. The number of benzene rings is 1. The molecular formula is C22H25N7O. The summed E-state index contributed by atoms with van der Waals surface area (Å²) >= 11 is 0. The molecule has 1 aliphatic heterocycles. The topological polar surface area (TPSA) is 117 Å². The summed E-state index contributed by atoms with van der Waals surface area (Å²) in [6.45, 7) is 4.73. The molecule has 1 aliphatic rings. The third-order valence-corrected chi connectivity index (χ3v) is 5.88. The third-order valence-electron chi connectivity index (χ3n) is 5.88. The second-order valence-corrected chi connectivity index (χ2v) is 8.28. The second-order valence-electron chi connectivity index (χ2n) is 8.28. The predicted molar refractivity (Wildman–Crippen MR) is 117 cm³/mol. The van der Waals surface area contributed by atoms with Gasteiger partial charge in [-0.05, 0) is 31.0 Å². The Bertz CT molecular complexity index is 1230. The lowest BCUT2D eigenvalue weighted by molar-refractivity contribution is -0.135. The number of pyridine rings is 1. The number of nitrogens with one attached hydrogen (secondary N) is 2. The number of nitrogens with two attached hydrogens (primary N) is 1. The SMILES string of the molecule is CC(C)C(=O)N1CCC[C@@H]1Cc1nc2c(N)nc3cc(-c4cc[nH]n4)ccc3c2[nH]1. The molecule has 0 spiro atoms. The Kier molecular flexibility index (Phi) is 4.42. The van der Waals surface area contributed by atoms with E-state index >= 15 is 0 Å². The van der Waals surface area contributed by atoms with Crippen LogP contribution in [0, 0.1) is 5.92 Å². The number of imidazole rings is 1. The van der Waals surface area contributed by atoms with Gasteiger partial charge in [-0.15, -0.1) is 0 Å². The van der Waals surface area contributed by atoms with Crippen molar-refractivity contribution < 1.29 is 4.79 Å². The zero-order valence-corrected chi connectivity index (χ0v) is 17.1. The first-order chi connectivity index (χ1) is 14.5. The number of hydrogen-bond donors (Lipinski definition) is 3. The normalized spacial score (nSPS) is 16.9. The molecule has 0 aliphatic carbocycles. The number of hydrogen-bond acceptors (Lipinski definition) is 5. The maximum atomic E-state index is 12.5. The van der Waals surface area contributed by atoms with Gasteiger partial charge in [0.15, 0.2) is 5.82 Å². The van der Waals surface area contributed by atoms with Gasteiger partial charge in [0.2, 0.25) is 5.91 Å². The second kappa shape index (κ2) is 7.12. The minimum absolute atomic E-state index is 0.00812. The van der Waals surface area contributed by atoms with Crippen LogP contribution in [0.25, 0.3) is 33.2 Å².